The first-order valence-corrected chi connectivity index (χ1v) is 12.1. The Morgan fingerprint density at radius 2 is 2.03 bits per heavy atom. The number of nitrogens with one attached hydrogen (secondary N) is 2. The van der Waals surface area contributed by atoms with Crippen molar-refractivity contribution in [1.29, 1.82) is 0 Å². The second-order valence-electron chi connectivity index (χ2n) is 9.46. The molecule has 2 N–H and O–H groups in total. The number of benzene rings is 1. The molecule has 3 aliphatic rings. The normalized spacial score (nSPS) is 20.9. The molecule has 0 spiro atoms. The number of carbonyl (C=O) groups excluding carboxylic acids is 3. The highest BCUT2D eigenvalue weighted by atomic mass is 32.1. The quantitative estimate of drug-likeness (QED) is 0.416. The molecular formula is C24H22FN5O3S. The van der Waals surface area contributed by atoms with E-state index in [1.54, 1.807) is 31.5 Å². The molecule has 174 valence electrons. The first-order valence-electron chi connectivity index (χ1n) is 11.2. The van der Waals surface area contributed by atoms with E-state index in [1.165, 1.54) is 17.4 Å². The molecule has 8 nitrogen and oxygen atoms in total. The van der Waals surface area contributed by atoms with Crippen molar-refractivity contribution in [3.63, 3.8) is 0 Å². The average molecular weight is 480 g/mol. The predicted octanol–water partition coefficient (Wildman–Crippen LogP) is 3.45. The van der Waals surface area contributed by atoms with Gasteiger partial charge in [0.15, 0.2) is 0 Å². The topological polar surface area (TPSA) is 106 Å². The third kappa shape index (κ3) is 3.19. The van der Waals surface area contributed by atoms with E-state index in [2.05, 4.69) is 20.8 Å². The van der Waals surface area contributed by atoms with Gasteiger partial charge in [0.05, 0.1) is 11.1 Å². The Morgan fingerprint density at radius 3 is 2.71 bits per heavy atom. The molecule has 2 fully saturated rings. The zero-order valence-corrected chi connectivity index (χ0v) is 19.5. The van der Waals surface area contributed by atoms with Crippen LogP contribution >= 0.6 is 11.3 Å². The number of hydrogen-bond acceptors (Lipinski definition) is 6. The summed E-state index contributed by atoms with van der Waals surface area (Å²) in [5.74, 6) is -1.78. The third-order valence-corrected chi connectivity index (χ3v) is 8.07. The van der Waals surface area contributed by atoms with Gasteiger partial charge < -0.3 is 15.2 Å². The standard InChI is InChI=1S/C24H22FN5O3S/c1-11-3-4-14(9-15(11)25)27-21(32)19-12(2)18(17-8-13-7-16(13)30(17)19)20(31)22(33)28-24(5-6-24)23-29-26-10-34-23/h3-4,9-10,13,16H,5-8H2,1-2H3,(H,27,32)(H,28,33)/t13-,16-/m1/s1. The van der Waals surface area contributed by atoms with Gasteiger partial charge in [-0.2, -0.15) is 0 Å². The van der Waals surface area contributed by atoms with Crippen LogP contribution in [0.2, 0.25) is 0 Å². The number of carbonyl (C=O) groups is 3. The first-order chi connectivity index (χ1) is 16.3. The van der Waals surface area contributed by atoms with Crippen LogP contribution in [0.4, 0.5) is 10.1 Å². The summed E-state index contributed by atoms with van der Waals surface area (Å²) in [5.41, 5.74) is 3.69. The van der Waals surface area contributed by atoms with Gasteiger partial charge in [-0.25, -0.2) is 4.39 Å². The van der Waals surface area contributed by atoms with Crippen molar-refractivity contribution in [2.45, 2.75) is 51.1 Å². The van der Waals surface area contributed by atoms with Crippen LogP contribution in [0.5, 0.6) is 0 Å². The Morgan fingerprint density at radius 1 is 1.24 bits per heavy atom. The van der Waals surface area contributed by atoms with E-state index in [1.807, 2.05) is 4.57 Å². The number of Topliss-reactive ketones (excluding diaryl/α,β-unsaturated/α-hetero) is 1. The lowest BCUT2D eigenvalue weighted by Gasteiger charge is -2.14. The third-order valence-electron chi connectivity index (χ3n) is 7.17. The summed E-state index contributed by atoms with van der Waals surface area (Å²) in [6, 6.07) is 4.67. The van der Waals surface area contributed by atoms with E-state index >= 15 is 0 Å². The molecule has 0 unspecified atom stereocenters. The fourth-order valence-corrected chi connectivity index (χ4v) is 5.85. The van der Waals surface area contributed by atoms with Crippen molar-refractivity contribution >= 4 is 34.6 Å². The Labute approximate surface area is 198 Å². The van der Waals surface area contributed by atoms with Crippen molar-refractivity contribution in [3.05, 3.63) is 62.6 Å². The number of rotatable bonds is 6. The number of halogens is 1. The predicted molar refractivity (Wildman–Crippen MR) is 122 cm³/mol. The number of fused-ring (bicyclic) bond motifs is 3. The van der Waals surface area contributed by atoms with Crippen LogP contribution < -0.4 is 10.6 Å². The number of ketones is 1. The van der Waals surface area contributed by atoms with Gasteiger partial charge in [-0.05, 0) is 68.7 Å². The van der Waals surface area contributed by atoms with E-state index in [4.69, 9.17) is 0 Å². The minimum absolute atomic E-state index is 0.157. The van der Waals surface area contributed by atoms with Crippen LogP contribution in [0.3, 0.4) is 0 Å². The summed E-state index contributed by atoms with van der Waals surface area (Å²) in [6.07, 6.45) is 3.02. The molecule has 2 amide bonds. The van der Waals surface area contributed by atoms with Crippen LogP contribution in [0.1, 0.15) is 68.0 Å². The maximum absolute atomic E-state index is 14.0. The van der Waals surface area contributed by atoms with Crippen molar-refractivity contribution < 1.29 is 18.8 Å². The molecule has 3 aromatic rings. The highest BCUT2D eigenvalue weighted by Gasteiger charge is 2.52. The van der Waals surface area contributed by atoms with Crippen LogP contribution in [-0.2, 0) is 16.8 Å². The Kier molecular flexibility index (Phi) is 4.54. The molecule has 2 aliphatic carbocycles. The molecule has 2 aromatic heterocycles. The molecule has 1 aliphatic heterocycles. The average Bonchev–Trinajstić information content (AvgIpc) is 3.59. The molecular weight excluding hydrogens is 457 g/mol. The number of anilines is 1. The molecule has 1 aromatic carbocycles. The van der Waals surface area contributed by atoms with Gasteiger partial charge in [-0.15, -0.1) is 21.5 Å². The van der Waals surface area contributed by atoms with Gasteiger partial charge in [-0.1, -0.05) is 6.07 Å². The highest BCUT2D eigenvalue weighted by molar-refractivity contribution is 7.09. The minimum Gasteiger partial charge on any atom is -0.337 e. The molecule has 10 heteroatoms. The fraction of sp³-hybridized carbons (Fsp3) is 0.375. The van der Waals surface area contributed by atoms with Gasteiger partial charge >= 0.3 is 0 Å². The lowest BCUT2D eigenvalue weighted by atomic mass is 10.0. The summed E-state index contributed by atoms with van der Waals surface area (Å²) in [7, 11) is 0. The van der Waals surface area contributed by atoms with Gasteiger partial charge in [0, 0.05) is 17.4 Å². The van der Waals surface area contributed by atoms with Crippen LogP contribution in [-0.4, -0.2) is 32.4 Å². The largest absolute Gasteiger partial charge is 0.337 e. The summed E-state index contributed by atoms with van der Waals surface area (Å²) in [4.78, 5) is 39.7. The number of aromatic nitrogens is 3. The van der Waals surface area contributed by atoms with Crippen LogP contribution in [0.15, 0.2) is 23.7 Å². The van der Waals surface area contributed by atoms with Crippen molar-refractivity contribution in [1.82, 2.24) is 20.1 Å². The Hall–Kier alpha value is -3.40. The number of hydrogen-bond donors (Lipinski definition) is 2. The monoisotopic (exact) mass is 479 g/mol. The molecule has 34 heavy (non-hydrogen) atoms. The van der Waals surface area contributed by atoms with E-state index in [0.29, 0.717) is 58.3 Å². The van der Waals surface area contributed by atoms with Crippen molar-refractivity contribution in [3.8, 4) is 0 Å². The van der Waals surface area contributed by atoms with Gasteiger partial charge in [0.25, 0.3) is 17.6 Å². The lowest BCUT2D eigenvalue weighted by molar-refractivity contribution is -0.118. The molecule has 2 atom stereocenters. The Bertz CT molecular complexity index is 1380. The Balaban J connectivity index is 1.31. The summed E-state index contributed by atoms with van der Waals surface area (Å²) in [5, 5.41) is 14.2. The molecule has 0 saturated heterocycles. The number of nitrogens with zero attached hydrogens (tertiary/aromatic N) is 3. The van der Waals surface area contributed by atoms with Gasteiger partial charge in [0.1, 0.15) is 22.0 Å². The molecule has 3 heterocycles. The van der Waals surface area contributed by atoms with Crippen molar-refractivity contribution in [2.24, 2.45) is 5.92 Å². The van der Waals surface area contributed by atoms with Gasteiger partial charge in [0.2, 0.25) is 0 Å². The van der Waals surface area contributed by atoms with E-state index in [0.717, 1.165) is 12.1 Å². The molecule has 0 radical (unpaired) electrons. The summed E-state index contributed by atoms with van der Waals surface area (Å²) >= 11 is 1.35. The lowest BCUT2D eigenvalue weighted by Crippen LogP contribution is -2.39. The van der Waals surface area contributed by atoms with Crippen LogP contribution in [0.25, 0.3) is 0 Å². The number of aryl methyl sites for hydroxylation is 1. The maximum Gasteiger partial charge on any atom is 0.293 e. The fourth-order valence-electron chi connectivity index (χ4n) is 5.08. The second kappa shape index (κ2) is 7.30. The molecule has 0 bridgehead atoms. The first kappa shape index (κ1) is 21.2. The minimum atomic E-state index is -0.697. The maximum atomic E-state index is 14.0. The van der Waals surface area contributed by atoms with E-state index in [-0.39, 0.29) is 6.04 Å². The summed E-state index contributed by atoms with van der Waals surface area (Å²) < 4.78 is 15.9. The smallest absolute Gasteiger partial charge is 0.293 e. The molecule has 6 rings (SSSR count). The number of amides is 2. The SMILES string of the molecule is Cc1ccc(NC(=O)c2c(C)c(C(=O)C(=O)NC3(c4nncs4)CC3)c3n2[C@@H]2C[C@@H]2C3)cc1F. The summed E-state index contributed by atoms with van der Waals surface area (Å²) in [6.45, 7) is 3.35. The van der Waals surface area contributed by atoms with Crippen LogP contribution in [0, 0.1) is 25.6 Å². The second-order valence-corrected chi connectivity index (χ2v) is 10.3. The molecule has 2 saturated carbocycles. The zero-order chi connectivity index (χ0) is 23.8. The van der Waals surface area contributed by atoms with Crippen molar-refractivity contribution in [2.75, 3.05) is 5.32 Å². The van der Waals surface area contributed by atoms with Gasteiger partial charge in [-0.3, -0.25) is 14.4 Å². The zero-order valence-electron chi connectivity index (χ0n) is 18.6. The highest BCUT2D eigenvalue weighted by Crippen LogP contribution is 2.54. The van der Waals surface area contributed by atoms with E-state index in [9.17, 15) is 18.8 Å². The van der Waals surface area contributed by atoms with E-state index < -0.39 is 29.0 Å².